The number of aliphatic hydroxyl groups is 1. The van der Waals surface area contributed by atoms with E-state index in [1.165, 1.54) is 0 Å². The molecule has 0 aliphatic carbocycles. The monoisotopic (exact) mass is 264 g/mol. The molecule has 0 aromatic carbocycles. The Bertz CT molecular complexity index is 551. The third-order valence-electron chi connectivity index (χ3n) is 3.02. The Morgan fingerprint density at radius 1 is 1.47 bits per heavy atom. The summed E-state index contributed by atoms with van der Waals surface area (Å²) in [6.07, 6.45) is 0.558. The van der Waals surface area contributed by atoms with E-state index in [9.17, 15) is 5.11 Å². The number of pyridine rings is 1. The van der Waals surface area contributed by atoms with Gasteiger partial charge in [0.2, 0.25) is 5.95 Å². The van der Waals surface area contributed by atoms with Gasteiger partial charge in [-0.1, -0.05) is 6.07 Å². The van der Waals surface area contributed by atoms with Gasteiger partial charge in [0.1, 0.15) is 0 Å². The van der Waals surface area contributed by atoms with Gasteiger partial charge >= 0.3 is 0 Å². The Morgan fingerprint density at radius 3 is 2.95 bits per heavy atom. The zero-order chi connectivity index (χ0) is 13.9. The van der Waals surface area contributed by atoms with E-state index >= 15 is 0 Å². The highest BCUT2D eigenvalue weighted by atomic mass is 16.5. The molecule has 1 atom stereocenters. The first kappa shape index (κ1) is 13.8. The van der Waals surface area contributed by atoms with Gasteiger partial charge in [-0.25, -0.2) is 4.52 Å². The van der Waals surface area contributed by atoms with Gasteiger partial charge in [-0.2, -0.15) is 4.98 Å². The number of aromatic nitrogens is 3. The van der Waals surface area contributed by atoms with Crippen molar-refractivity contribution in [2.75, 3.05) is 25.6 Å². The summed E-state index contributed by atoms with van der Waals surface area (Å²) >= 11 is 0. The first-order chi connectivity index (χ1) is 9.02. The second kappa shape index (κ2) is 5.54. The highest BCUT2D eigenvalue weighted by Crippen LogP contribution is 2.12. The molecule has 0 saturated heterocycles. The number of rotatable bonds is 6. The molecule has 0 saturated carbocycles. The number of hydrogen-bond donors (Lipinski definition) is 2. The molecule has 2 heterocycles. The molecule has 19 heavy (non-hydrogen) atoms. The molecule has 1 unspecified atom stereocenters. The molecular weight excluding hydrogens is 244 g/mol. The average Bonchev–Trinajstić information content (AvgIpc) is 2.79. The highest BCUT2D eigenvalue weighted by Gasteiger charge is 2.20. The second-order valence-corrected chi connectivity index (χ2v) is 4.97. The predicted molar refractivity (Wildman–Crippen MR) is 73.3 cm³/mol. The van der Waals surface area contributed by atoms with Crippen LogP contribution in [0.2, 0.25) is 0 Å². The van der Waals surface area contributed by atoms with E-state index in [1.54, 1.807) is 18.5 Å². The van der Waals surface area contributed by atoms with Crippen molar-refractivity contribution < 1.29 is 9.84 Å². The lowest BCUT2D eigenvalue weighted by molar-refractivity contribution is 0.0356. The van der Waals surface area contributed by atoms with Crippen molar-refractivity contribution in [2.24, 2.45) is 0 Å². The number of aryl methyl sites for hydroxylation is 1. The van der Waals surface area contributed by atoms with Crippen LogP contribution >= 0.6 is 0 Å². The van der Waals surface area contributed by atoms with Crippen molar-refractivity contribution in [2.45, 2.75) is 25.9 Å². The van der Waals surface area contributed by atoms with Crippen LogP contribution in [0.4, 0.5) is 5.95 Å². The number of ether oxygens (including phenoxy) is 1. The van der Waals surface area contributed by atoms with Crippen LogP contribution < -0.4 is 5.32 Å². The van der Waals surface area contributed by atoms with Crippen LogP contribution in [-0.2, 0) is 4.74 Å². The summed E-state index contributed by atoms with van der Waals surface area (Å²) in [5.41, 5.74) is 0.964. The molecule has 104 valence electrons. The summed E-state index contributed by atoms with van der Waals surface area (Å²) in [6, 6.07) is 5.81. The van der Waals surface area contributed by atoms with E-state index in [1.807, 2.05) is 25.1 Å². The van der Waals surface area contributed by atoms with Crippen molar-refractivity contribution in [1.82, 2.24) is 14.6 Å². The molecule has 0 fully saturated rings. The minimum atomic E-state index is -0.845. The summed E-state index contributed by atoms with van der Waals surface area (Å²) in [5.74, 6) is 0.520. The van der Waals surface area contributed by atoms with Gasteiger partial charge in [-0.05, 0) is 26.0 Å². The number of anilines is 1. The van der Waals surface area contributed by atoms with Crippen molar-refractivity contribution in [1.29, 1.82) is 0 Å². The van der Waals surface area contributed by atoms with E-state index in [0.29, 0.717) is 25.5 Å². The van der Waals surface area contributed by atoms with Crippen LogP contribution in [0, 0.1) is 6.92 Å². The first-order valence-corrected chi connectivity index (χ1v) is 6.29. The van der Waals surface area contributed by atoms with Gasteiger partial charge in [-0.15, -0.1) is 5.10 Å². The Kier molecular flexibility index (Phi) is 4.01. The lowest BCUT2D eigenvalue weighted by Gasteiger charge is -2.22. The summed E-state index contributed by atoms with van der Waals surface area (Å²) in [5, 5.41) is 17.5. The van der Waals surface area contributed by atoms with Crippen LogP contribution in [-0.4, -0.2) is 45.6 Å². The topological polar surface area (TPSA) is 71.7 Å². The predicted octanol–water partition coefficient (Wildman–Crippen LogP) is 1.24. The Labute approximate surface area is 112 Å². The molecule has 0 amide bonds. The summed E-state index contributed by atoms with van der Waals surface area (Å²) < 4.78 is 6.74. The SMILES string of the molecule is COCCC(C)(O)CNc1nc2cccc(C)n2n1. The van der Waals surface area contributed by atoms with Gasteiger partial charge in [0.05, 0.1) is 5.60 Å². The zero-order valence-corrected chi connectivity index (χ0v) is 11.6. The maximum absolute atomic E-state index is 10.1. The molecule has 6 heteroatoms. The van der Waals surface area contributed by atoms with Gasteiger partial charge in [0, 0.05) is 32.4 Å². The molecule has 0 aliphatic rings. The summed E-state index contributed by atoms with van der Waals surface area (Å²) in [6.45, 7) is 4.64. The fourth-order valence-electron chi connectivity index (χ4n) is 1.79. The molecule has 2 rings (SSSR count). The van der Waals surface area contributed by atoms with E-state index < -0.39 is 5.60 Å². The van der Waals surface area contributed by atoms with Crippen molar-refractivity contribution in [3.63, 3.8) is 0 Å². The van der Waals surface area contributed by atoms with E-state index in [4.69, 9.17) is 4.74 Å². The molecule has 0 spiro atoms. The Balaban J connectivity index is 2.04. The molecule has 0 bridgehead atoms. The third-order valence-corrected chi connectivity index (χ3v) is 3.02. The smallest absolute Gasteiger partial charge is 0.243 e. The summed E-state index contributed by atoms with van der Waals surface area (Å²) in [4.78, 5) is 4.36. The number of fused-ring (bicyclic) bond motifs is 1. The van der Waals surface area contributed by atoms with E-state index in [-0.39, 0.29) is 0 Å². The zero-order valence-electron chi connectivity index (χ0n) is 11.6. The quantitative estimate of drug-likeness (QED) is 0.821. The Hall–Kier alpha value is -1.66. The molecule has 2 aromatic rings. The lowest BCUT2D eigenvalue weighted by atomic mass is 10.0. The molecular formula is C13H20N4O2. The number of nitrogens with one attached hydrogen (secondary N) is 1. The van der Waals surface area contributed by atoms with Gasteiger partial charge < -0.3 is 15.2 Å². The van der Waals surface area contributed by atoms with Crippen LogP contribution in [0.25, 0.3) is 5.65 Å². The van der Waals surface area contributed by atoms with Gasteiger partial charge in [0.25, 0.3) is 0 Å². The molecule has 0 radical (unpaired) electrons. The minimum Gasteiger partial charge on any atom is -0.388 e. The van der Waals surface area contributed by atoms with E-state index in [2.05, 4.69) is 15.4 Å². The maximum Gasteiger partial charge on any atom is 0.243 e. The second-order valence-electron chi connectivity index (χ2n) is 4.97. The molecule has 0 aliphatic heterocycles. The fraction of sp³-hybridized carbons (Fsp3) is 0.538. The fourth-order valence-corrected chi connectivity index (χ4v) is 1.79. The number of nitrogens with zero attached hydrogens (tertiary/aromatic N) is 3. The van der Waals surface area contributed by atoms with E-state index in [0.717, 1.165) is 11.3 Å². The maximum atomic E-state index is 10.1. The Morgan fingerprint density at radius 2 is 2.26 bits per heavy atom. The lowest BCUT2D eigenvalue weighted by Crippen LogP contribution is -2.34. The van der Waals surface area contributed by atoms with Crippen molar-refractivity contribution in [3.05, 3.63) is 23.9 Å². The molecule has 2 aromatic heterocycles. The van der Waals surface area contributed by atoms with Gasteiger partial charge in [0.15, 0.2) is 5.65 Å². The third kappa shape index (κ3) is 3.42. The van der Waals surface area contributed by atoms with Crippen LogP contribution in [0.1, 0.15) is 19.0 Å². The first-order valence-electron chi connectivity index (χ1n) is 6.29. The van der Waals surface area contributed by atoms with Gasteiger partial charge in [-0.3, -0.25) is 0 Å². The van der Waals surface area contributed by atoms with Crippen molar-refractivity contribution in [3.8, 4) is 0 Å². The highest BCUT2D eigenvalue weighted by molar-refractivity contribution is 5.44. The van der Waals surface area contributed by atoms with Crippen LogP contribution in [0.15, 0.2) is 18.2 Å². The minimum absolute atomic E-state index is 0.381. The summed E-state index contributed by atoms with van der Waals surface area (Å²) in [7, 11) is 1.62. The number of hydrogen-bond acceptors (Lipinski definition) is 5. The standard InChI is InChI=1S/C13H20N4O2/c1-10-5-4-6-11-15-12(16-17(10)11)14-9-13(2,18)7-8-19-3/h4-6,18H,7-9H2,1-3H3,(H,14,16). The molecule has 6 nitrogen and oxygen atoms in total. The molecule has 2 N–H and O–H groups in total. The normalized spacial score (nSPS) is 14.5. The largest absolute Gasteiger partial charge is 0.388 e. The average molecular weight is 264 g/mol. The number of methoxy groups -OCH3 is 1. The van der Waals surface area contributed by atoms with Crippen LogP contribution in [0.3, 0.4) is 0 Å². The van der Waals surface area contributed by atoms with Crippen molar-refractivity contribution >= 4 is 11.6 Å². The van der Waals surface area contributed by atoms with Crippen LogP contribution in [0.5, 0.6) is 0 Å².